The molecule has 0 spiro atoms. The summed E-state index contributed by atoms with van der Waals surface area (Å²) in [4.78, 5) is 45.6. The van der Waals surface area contributed by atoms with Gasteiger partial charge in [-0.2, -0.15) is 10.2 Å². The second kappa shape index (κ2) is 11.6. The van der Waals surface area contributed by atoms with Crippen molar-refractivity contribution in [2.24, 2.45) is 10.2 Å². The molecule has 40 heavy (non-hydrogen) atoms. The molecule has 0 saturated carbocycles. The molecule has 2 aliphatic rings. The number of aliphatic hydroxyl groups excluding tert-OH is 2. The quantitative estimate of drug-likeness (QED) is 0.164. The van der Waals surface area contributed by atoms with E-state index in [-0.39, 0.29) is 11.4 Å². The maximum absolute atomic E-state index is 11.5. The van der Waals surface area contributed by atoms with Crippen molar-refractivity contribution in [3.05, 3.63) is 107 Å². The third-order valence-electron chi connectivity index (χ3n) is 5.47. The number of carbonyl (C=O) groups excluding carboxylic acids is 2. The fraction of sp³-hybridized carbons (Fsp3) is 0. The van der Waals surface area contributed by atoms with Gasteiger partial charge < -0.3 is 20.4 Å². The van der Waals surface area contributed by atoms with Gasteiger partial charge in [0.2, 0.25) is 0 Å². The van der Waals surface area contributed by atoms with Gasteiger partial charge in [-0.05, 0) is 35.4 Å². The topological polar surface area (TPSA) is 198 Å². The summed E-state index contributed by atoms with van der Waals surface area (Å²) in [5.41, 5.74) is 6.65. The van der Waals surface area contributed by atoms with Gasteiger partial charge in [-0.1, -0.05) is 36.4 Å². The number of hydrogen-bond donors (Lipinski definition) is 6. The Morgan fingerprint density at radius 1 is 0.600 bits per heavy atom. The summed E-state index contributed by atoms with van der Waals surface area (Å²) >= 11 is 0. The average molecular weight is 540 g/mol. The Kier molecular flexibility index (Phi) is 7.81. The molecule has 0 atom stereocenters. The Bertz CT molecular complexity index is 1500. The van der Waals surface area contributed by atoms with E-state index >= 15 is 0 Å². The molecule has 0 saturated heterocycles. The van der Waals surface area contributed by atoms with Crippen LogP contribution in [0.2, 0.25) is 0 Å². The Hall–Kier alpha value is -6.04. The van der Waals surface area contributed by atoms with Crippen LogP contribution in [0.25, 0.3) is 12.2 Å². The van der Waals surface area contributed by atoms with Crippen LogP contribution in [0.5, 0.6) is 0 Å². The highest BCUT2D eigenvalue weighted by Gasteiger charge is 2.25. The molecule has 0 bridgehead atoms. The molecule has 0 unspecified atom stereocenters. The van der Waals surface area contributed by atoms with Crippen molar-refractivity contribution >= 4 is 58.5 Å². The standard InChI is InChI=1S/C28H20N4O8/c33-19-11-21(27(37)38)25(23(35)13-19)31-29-17-7-3-15(4-8-17)1-2-16-5-9-18(10-6-16)30-32-26-22(28(39)40)12-20(34)14-24(26)36/h1-14,29-30,35-36H,(H,37,38)(H,39,40)/b2-1+,31-25-,32-26-. The lowest BCUT2D eigenvalue weighted by Crippen LogP contribution is -2.21. The van der Waals surface area contributed by atoms with Crippen LogP contribution in [0.3, 0.4) is 0 Å². The second-order valence-electron chi connectivity index (χ2n) is 8.31. The molecular formula is C28H20N4O8. The molecule has 0 amide bonds. The van der Waals surface area contributed by atoms with Gasteiger partial charge in [-0.15, -0.1) is 0 Å². The lowest BCUT2D eigenvalue weighted by molar-refractivity contribution is -0.133. The molecule has 12 nitrogen and oxygen atoms in total. The number of nitrogens with zero attached hydrogens (tertiary/aromatic N) is 2. The first-order valence-corrected chi connectivity index (χ1v) is 11.5. The number of carboxylic acid groups (broad SMARTS) is 2. The number of aliphatic hydroxyl groups is 2. The first-order chi connectivity index (χ1) is 19.1. The number of benzene rings is 2. The molecule has 6 N–H and O–H groups in total. The van der Waals surface area contributed by atoms with Gasteiger partial charge >= 0.3 is 11.9 Å². The van der Waals surface area contributed by atoms with Crippen molar-refractivity contribution in [1.29, 1.82) is 0 Å². The van der Waals surface area contributed by atoms with Crippen LogP contribution >= 0.6 is 0 Å². The maximum Gasteiger partial charge on any atom is 0.338 e. The van der Waals surface area contributed by atoms with Crippen molar-refractivity contribution in [2.75, 3.05) is 10.9 Å². The number of anilines is 2. The number of nitrogens with one attached hydrogen (secondary N) is 2. The summed E-state index contributed by atoms with van der Waals surface area (Å²) in [6.45, 7) is 0. The predicted octanol–water partition coefficient (Wildman–Crippen LogP) is 3.46. The van der Waals surface area contributed by atoms with E-state index in [1.54, 1.807) is 48.5 Å². The number of aliphatic carboxylic acids is 2. The highest BCUT2D eigenvalue weighted by molar-refractivity contribution is 6.32. The zero-order valence-corrected chi connectivity index (χ0v) is 20.4. The van der Waals surface area contributed by atoms with Crippen LogP contribution < -0.4 is 10.9 Å². The van der Waals surface area contributed by atoms with Gasteiger partial charge in [0.1, 0.15) is 22.9 Å². The summed E-state index contributed by atoms with van der Waals surface area (Å²) in [6, 6.07) is 13.9. The minimum absolute atomic E-state index is 0.263. The van der Waals surface area contributed by atoms with Crippen molar-refractivity contribution in [2.45, 2.75) is 0 Å². The number of rotatable bonds is 8. The number of hydrazone groups is 2. The van der Waals surface area contributed by atoms with Crippen LogP contribution in [-0.2, 0) is 19.2 Å². The minimum atomic E-state index is -1.39. The molecule has 0 heterocycles. The van der Waals surface area contributed by atoms with E-state index < -0.39 is 46.2 Å². The molecule has 0 aromatic heterocycles. The third-order valence-corrected chi connectivity index (χ3v) is 5.47. The van der Waals surface area contributed by atoms with E-state index in [0.717, 1.165) is 35.4 Å². The van der Waals surface area contributed by atoms with E-state index in [9.17, 15) is 39.6 Å². The summed E-state index contributed by atoms with van der Waals surface area (Å²) in [7, 11) is 0. The molecule has 0 aliphatic heterocycles. The van der Waals surface area contributed by atoms with Crippen LogP contribution in [-0.4, -0.2) is 55.4 Å². The highest BCUT2D eigenvalue weighted by atomic mass is 16.4. The van der Waals surface area contributed by atoms with Gasteiger partial charge in [-0.25, -0.2) is 9.59 Å². The first kappa shape index (κ1) is 27.0. The van der Waals surface area contributed by atoms with Crippen LogP contribution in [0.15, 0.2) is 106 Å². The van der Waals surface area contributed by atoms with Crippen LogP contribution in [0.4, 0.5) is 11.4 Å². The zero-order chi connectivity index (χ0) is 28.8. The van der Waals surface area contributed by atoms with E-state index in [1.807, 2.05) is 12.2 Å². The lowest BCUT2D eigenvalue weighted by Gasteiger charge is -2.11. The van der Waals surface area contributed by atoms with Gasteiger partial charge in [0.05, 0.1) is 22.5 Å². The molecule has 0 fully saturated rings. The van der Waals surface area contributed by atoms with E-state index in [4.69, 9.17) is 0 Å². The maximum atomic E-state index is 11.5. The van der Waals surface area contributed by atoms with Gasteiger partial charge in [0.25, 0.3) is 0 Å². The third kappa shape index (κ3) is 6.44. The minimum Gasteiger partial charge on any atom is -0.505 e. The van der Waals surface area contributed by atoms with E-state index in [1.165, 1.54) is 0 Å². The predicted molar refractivity (Wildman–Crippen MR) is 147 cm³/mol. The van der Waals surface area contributed by atoms with Gasteiger partial charge in [0.15, 0.2) is 11.6 Å². The molecular weight excluding hydrogens is 520 g/mol. The van der Waals surface area contributed by atoms with Crippen molar-refractivity contribution in [3.63, 3.8) is 0 Å². The summed E-state index contributed by atoms with van der Waals surface area (Å²) in [5.74, 6) is -5.18. The second-order valence-corrected chi connectivity index (χ2v) is 8.31. The Morgan fingerprint density at radius 2 is 0.950 bits per heavy atom. The fourth-order valence-corrected chi connectivity index (χ4v) is 3.52. The lowest BCUT2D eigenvalue weighted by atomic mass is 10.0. The van der Waals surface area contributed by atoms with Gasteiger partial charge in [0, 0.05) is 24.3 Å². The molecule has 200 valence electrons. The van der Waals surface area contributed by atoms with Crippen LogP contribution in [0.1, 0.15) is 11.1 Å². The van der Waals surface area contributed by atoms with Crippen molar-refractivity contribution in [1.82, 2.24) is 0 Å². The molecule has 2 aliphatic carbocycles. The first-order valence-electron chi connectivity index (χ1n) is 11.5. The molecule has 2 aromatic rings. The number of carboxylic acids is 2. The number of hydrogen-bond acceptors (Lipinski definition) is 10. The summed E-state index contributed by atoms with van der Waals surface area (Å²) in [6.07, 6.45) is 7.20. The normalized spacial score (nSPS) is 17.3. The fourth-order valence-electron chi connectivity index (χ4n) is 3.52. The van der Waals surface area contributed by atoms with E-state index in [2.05, 4.69) is 21.1 Å². The number of ketones is 2. The van der Waals surface area contributed by atoms with E-state index in [0.29, 0.717) is 11.4 Å². The molecule has 0 radical (unpaired) electrons. The van der Waals surface area contributed by atoms with Crippen molar-refractivity contribution in [3.8, 4) is 0 Å². The Balaban J connectivity index is 1.39. The summed E-state index contributed by atoms with van der Waals surface area (Å²) in [5, 5.41) is 46.2. The molecule has 4 rings (SSSR count). The molecule has 2 aromatic carbocycles. The highest BCUT2D eigenvalue weighted by Crippen LogP contribution is 2.18. The number of allylic oxidation sites excluding steroid dienone is 6. The smallest absolute Gasteiger partial charge is 0.338 e. The van der Waals surface area contributed by atoms with Crippen molar-refractivity contribution < 1.29 is 39.6 Å². The SMILES string of the molecule is O=C1C=C(O)/C(=N\Nc2ccc(/C=C/c3ccc(N/N=C4\C(O)=CC(=O)C=C4C(=O)O)cc3)cc2)C(C(=O)O)=C1. The number of carbonyl (C=O) groups is 4. The Morgan fingerprint density at radius 3 is 1.27 bits per heavy atom. The van der Waals surface area contributed by atoms with Gasteiger partial charge in [-0.3, -0.25) is 20.4 Å². The van der Waals surface area contributed by atoms with Crippen LogP contribution in [0, 0.1) is 0 Å². The monoisotopic (exact) mass is 540 g/mol. The largest absolute Gasteiger partial charge is 0.505 e. The Labute approximate surface area is 226 Å². The molecule has 12 heteroatoms. The summed E-state index contributed by atoms with van der Waals surface area (Å²) < 4.78 is 0. The average Bonchev–Trinajstić information content (AvgIpc) is 2.91. The zero-order valence-electron chi connectivity index (χ0n) is 20.4.